The van der Waals surface area contributed by atoms with Crippen LogP contribution < -0.4 is 20.7 Å². The molecule has 3 aromatic heterocycles. The molecule has 0 amide bonds. The molecule has 0 saturated carbocycles. The first-order valence-electron chi connectivity index (χ1n) is 7.90. The van der Waals surface area contributed by atoms with Gasteiger partial charge >= 0.3 is 5.69 Å². The maximum absolute atomic E-state index is 12.3. The fraction of sp³-hybridized carbons (Fsp3) is 0.375. The molecule has 138 valence electrons. The third-order valence-corrected chi connectivity index (χ3v) is 4.21. The number of fused-ring (bicyclic) bond motifs is 1. The van der Waals surface area contributed by atoms with Crippen LogP contribution in [-0.2, 0) is 21.1 Å². The Balaban J connectivity index is 1.68. The van der Waals surface area contributed by atoms with E-state index in [1.165, 1.54) is 16.2 Å². The Kier molecular flexibility index (Phi) is 4.99. The molecular formula is C16H18ClN5O4. The number of aromatic nitrogens is 5. The van der Waals surface area contributed by atoms with Crippen LogP contribution in [0.3, 0.4) is 0 Å². The van der Waals surface area contributed by atoms with Crippen molar-refractivity contribution in [2.75, 3.05) is 13.2 Å². The average Bonchev–Trinajstić information content (AvgIpc) is 2.96. The predicted molar refractivity (Wildman–Crippen MR) is 96.1 cm³/mol. The van der Waals surface area contributed by atoms with Crippen LogP contribution in [0, 0.1) is 0 Å². The van der Waals surface area contributed by atoms with Gasteiger partial charge < -0.3 is 9.47 Å². The Morgan fingerprint density at radius 3 is 2.54 bits per heavy atom. The van der Waals surface area contributed by atoms with E-state index in [0.717, 1.165) is 4.57 Å². The number of ether oxygens (including phenoxy) is 2. The molecule has 3 aromatic rings. The van der Waals surface area contributed by atoms with Crippen LogP contribution in [0.15, 0.2) is 27.9 Å². The van der Waals surface area contributed by atoms with Crippen LogP contribution in [0.2, 0.25) is 5.02 Å². The number of hydrogen-bond donors (Lipinski definition) is 0. The van der Waals surface area contributed by atoms with Crippen molar-refractivity contribution >= 4 is 22.8 Å². The zero-order valence-corrected chi connectivity index (χ0v) is 15.4. The van der Waals surface area contributed by atoms with Crippen molar-refractivity contribution in [1.29, 1.82) is 0 Å². The molecule has 0 saturated heterocycles. The summed E-state index contributed by atoms with van der Waals surface area (Å²) in [6.07, 6.45) is 2.16. The van der Waals surface area contributed by atoms with Crippen molar-refractivity contribution < 1.29 is 9.47 Å². The molecule has 10 heteroatoms. The number of imidazole rings is 1. The highest BCUT2D eigenvalue weighted by molar-refractivity contribution is 6.31. The molecule has 0 N–H and O–H groups in total. The van der Waals surface area contributed by atoms with Crippen LogP contribution in [0.5, 0.6) is 11.9 Å². The van der Waals surface area contributed by atoms with Crippen molar-refractivity contribution in [2.24, 2.45) is 21.1 Å². The highest BCUT2D eigenvalue weighted by atomic mass is 35.5. The van der Waals surface area contributed by atoms with E-state index in [9.17, 15) is 9.59 Å². The quantitative estimate of drug-likeness (QED) is 0.590. The fourth-order valence-electron chi connectivity index (χ4n) is 2.50. The van der Waals surface area contributed by atoms with Crippen LogP contribution >= 0.6 is 11.6 Å². The Morgan fingerprint density at radius 2 is 1.81 bits per heavy atom. The first-order valence-corrected chi connectivity index (χ1v) is 8.28. The number of aryl methyl sites for hydroxylation is 2. The Hall–Kier alpha value is -2.81. The summed E-state index contributed by atoms with van der Waals surface area (Å²) in [5.41, 5.74) is -0.262. The second kappa shape index (κ2) is 7.20. The van der Waals surface area contributed by atoms with Gasteiger partial charge in [0.2, 0.25) is 5.88 Å². The number of pyridine rings is 1. The third-order valence-electron chi connectivity index (χ3n) is 3.92. The standard InChI is InChI=1S/C16H18ClN5O4/c1-20-11-12(21(2)16(24)22(3)14(11)23)19-15(20)26-9-5-8-25-13-10(17)6-4-7-18-13/h4,6-7H,5,8-9H2,1-3H3. The highest BCUT2D eigenvalue weighted by Crippen LogP contribution is 2.20. The molecule has 0 unspecified atom stereocenters. The molecule has 0 bridgehead atoms. The lowest BCUT2D eigenvalue weighted by Gasteiger charge is -2.07. The topological polar surface area (TPSA) is 93.2 Å². The zero-order valence-electron chi connectivity index (χ0n) is 14.6. The summed E-state index contributed by atoms with van der Waals surface area (Å²) in [5.74, 6) is 0.371. The lowest BCUT2D eigenvalue weighted by Crippen LogP contribution is -2.37. The van der Waals surface area contributed by atoms with Gasteiger partial charge in [-0.2, -0.15) is 4.98 Å². The Labute approximate surface area is 153 Å². The molecule has 0 aliphatic heterocycles. The van der Waals surface area contributed by atoms with E-state index in [0.29, 0.717) is 36.1 Å². The smallest absolute Gasteiger partial charge is 0.332 e. The Morgan fingerprint density at radius 1 is 1.08 bits per heavy atom. The van der Waals surface area contributed by atoms with Gasteiger partial charge in [-0.25, -0.2) is 9.78 Å². The zero-order chi connectivity index (χ0) is 18.8. The molecule has 0 aliphatic carbocycles. The van der Waals surface area contributed by atoms with Gasteiger partial charge in [0.1, 0.15) is 5.02 Å². The van der Waals surface area contributed by atoms with E-state index in [-0.39, 0.29) is 11.7 Å². The Bertz CT molecular complexity index is 1070. The van der Waals surface area contributed by atoms with Crippen LogP contribution in [0.25, 0.3) is 11.2 Å². The lowest BCUT2D eigenvalue weighted by molar-refractivity contribution is 0.228. The van der Waals surface area contributed by atoms with Crippen molar-refractivity contribution in [2.45, 2.75) is 6.42 Å². The van der Waals surface area contributed by atoms with Gasteiger partial charge in [0.25, 0.3) is 11.6 Å². The second-order valence-electron chi connectivity index (χ2n) is 5.67. The first-order chi connectivity index (χ1) is 12.4. The van der Waals surface area contributed by atoms with Crippen LogP contribution in [0.4, 0.5) is 0 Å². The summed E-state index contributed by atoms with van der Waals surface area (Å²) >= 11 is 5.96. The van der Waals surface area contributed by atoms with E-state index < -0.39 is 11.2 Å². The lowest BCUT2D eigenvalue weighted by atomic mass is 10.4. The van der Waals surface area contributed by atoms with Gasteiger partial charge in [0, 0.05) is 33.8 Å². The van der Waals surface area contributed by atoms with E-state index in [4.69, 9.17) is 21.1 Å². The summed E-state index contributed by atoms with van der Waals surface area (Å²) in [7, 11) is 4.66. The summed E-state index contributed by atoms with van der Waals surface area (Å²) in [6.45, 7) is 0.677. The van der Waals surface area contributed by atoms with Crippen molar-refractivity contribution in [3.63, 3.8) is 0 Å². The van der Waals surface area contributed by atoms with Gasteiger partial charge in [0.05, 0.1) is 13.2 Å². The van der Waals surface area contributed by atoms with Gasteiger partial charge in [-0.15, -0.1) is 0 Å². The summed E-state index contributed by atoms with van der Waals surface area (Å²) < 4.78 is 15.0. The molecule has 0 spiro atoms. The predicted octanol–water partition coefficient (Wildman–Crippen LogP) is 0.867. The van der Waals surface area contributed by atoms with Gasteiger partial charge in [0.15, 0.2) is 11.2 Å². The number of rotatable bonds is 6. The van der Waals surface area contributed by atoms with E-state index in [1.54, 1.807) is 32.4 Å². The molecule has 9 nitrogen and oxygen atoms in total. The number of nitrogens with zero attached hydrogens (tertiary/aromatic N) is 5. The number of halogens is 1. The molecule has 0 radical (unpaired) electrons. The van der Waals surface area contributed by atoms with Gasteiger partial charge in [-0.05, 0) is 12.1 Å². The van der Waals surface area contributed by atoms with Crippen LogP contribution in [0.1, 0.15) is 6.42 Å². The molecule has 3 rings (SSSR count). The van der Waals surface area contributed by atoms with E-state index >= 15 is 0 Å². The van der Waals surface area contributed by atoms with Crippen molar-refractivity contribution in [3.05, 3.63) is 44.2 Å². The molecular weight excluding hydrogens is 362 g/mol. The average molecular weight is 380 g/mol. The maximum Gasteiger partial charge on any atom is 0.332 e. The van der Waals surface area contributed by atoms with E-state index in [2.05, 4.69) is 9.97 Å². The minimum atomic E-state index is -0.437. The van der Waals surface area contributed by atoms with Crippen LogP contribution in [-0.4, -0.2) is 36.9 Å². The monoisotopic (exact) mass is 379 g/mol. The highest BCUT2D eigenvalue weighted by Gasteiger charge is 2.17. The first kappa shape index (κ1) is 18.0. The number of hydrogen-bond acceptors (Lipinski definition) is 6. The second-order valence-corrected chi connectivity index (χ2v) is 6.08. The van der Waals surface area contributed by atoms with Crippen molar-refractivity contribution in [1.82, 2.24) is 23.7 Å². The maximum atomic E-state index is 12.3. The SMILES string of the molecule is Cn1c(=O)c2c(nc(OCCCOc3ncccc3Cl)n2C)n(C)c1=O. The van der Waals surface area contributed by atoms with E-state index in [1.807, 2.05) is 0 Å². The molecule has 0 aromatic carbocycles. The van der Waals surface area contributed by atoms with Gasteiger partial charge in [-0.3, -0.25) is 18.5 Å². The van der Waals surface area contributed by atoms with Crippen molar-refractivity contribution in [3.8, 4) is 11.9 Å². The fourth-order valence-corrected chi connectivity index (χ4v) is 2.67. The molecule has 26 heavy (non-hydrogen) atoms. The molecule has 0 aliphatic rings. The third kappa shape index (κ3) is 3.17. The largest absolute Gasteiger partial charge is 0.476 e. The molecule has 0 fully saturated rings. The molecule has 0 atom stereocenters. The normalized spacial score (nSPS) is 11.1. The molecule has 3 heterocycles. The summed E-state index contributed by atoms with van der Waals surface area (Å²) in [5, 5.41) is 0.445. The summed E-state index contributed by atoms with van der Waals surface area (Å²) in [6, 6.07) is 3.68. The van der Waals surface area contributed by atoms with Gasteiger partial charge in [-0.1, -0.05) is 11.6 Å². The summed E-state index contributed by atoms with van der Waals surface area (Å²) in [4.78, 5) is 32.6. The minimum Gasteiger partial charge on any atom is -0.476 e. The minimum absolute atomic E-state index is 0.258.